The van der Waals surface area contributed by atoms with E-state index in [2.05, 4.69) is 0 Å². The summed E-state index contributed by atoms with van der Waals surface area (Å²) in [6, 6.07) is 18.0. The van der Waals surface area contributed by atoms with Gasteiger partial charge in [0.15, 0.2) is 11.6 Å². The summed E-state index contributed by atoms with van der Waals surface area (Å²) < 4.78 is 96.6. The first-order valence-electron chi connectivity index (χ1n) is 19.1. The van der Waals surface area contributed by atoms with E-state index in [9.17, 15) is 4.11 Å². The molecule has 0 saturated carbocycles. The fourth-order valence-corrected chi connectivity index (χ4v) is 7.13. The van der Waals surface area contributed by atoms with E-state index < -0.39 is 36.3 Å². The van der Waals surface area contributed by atoms with Crippen molar-refractivity contribution in [2.24, 2.45) is 0 Å². The van der Waals surface area contributed by atoms with Crippen LogP contribution in [0.3, 0.4) is 0 Å². The molecule has 0 amide bonds. The molecule has 0 unspecified atom stereocenters. The zero-order valence-corrected chi connectivity index (χ0v) is 23.9. The van der Waals surface area contributed by atoms with Gasteiger partial charge in [0.05, 0.1) is 29.4 Å². The van der Waals surface area contributed by atoms with Crippen LogP contribution in [0.25, 0.3) is 92.6 Å². The van der Waals surface area contributed by atoms with Crippen LogP contribution in [0, 0.1) is 0 Å². The Morgan fingerprint density at radius 3 is 2.29 bits per heavy atom. The molecule has 10 rings (SSSR count). The highest BCUT2D eigenvalue weighted by molar-refractivity contribution is 7.26. The molecule has 0 radical (unpaired) electrons. The van der Waals surface area contributed by atoms with Crippen molar-refractivity contribution in [1.82, 2.24) is 19.5 Å². The molecule has 0 N–H and O–H groups in total. The Balaban J connectivity index is 1.45. The minimum absolute atomic E-state index is 0.0236. The number of thiophene rings is 1. The SMILES string of the molecule is [2H]c1c([2H])c([2H])c2c(sc3c2c([2H])c([2H])c2c4c([2H])c([2H])c([2H])c([2H])c4n(-c4nc(-c5ccccc5)nc(-c5cccc6oc7ccccc7c56)n4)c32)c1[2H]. The van der Waals surface area contributed by atoms with Crippen molar-refractivity contribution in [3.05, 3.63) is 133 Å². The standard InChI is InChI=1S/C39H22N4OS/c1-2-11-23(12-3-1)37-40-38(29-16-10-19-32-34(29)28-15-5-8-18-31(28)44-32)42-39(41-37)43-30-17-7-4-13-24(30)26-21-22-27-25-14-6-9-20-33(25)45-36(27)35(26)43/h1-22H/i4D,6D,7D,9D,13D,14D,17D,20D,21D,22D. The molecule has 0 aliphatic rings. The van der Waals surface area contributed by atoms with Crippen molar-refractivity contribution in [1.29, 1.82) is 0 Å². The van der Waals surface area contributed by atoms with Crippen LogP contribution in [0.5, 0.6) is 0 Å². The van der Waals surface area contributed by atoms with Crippen LogP contribution in [0.4, 0.5) is 0 Å². The molecule has 5 nitrogen and oxygen atoms in total. The van der Waals surface area contributed by atoms with Gasteiger partial charge in [-0.25, -0.2) is 4.98 Å². The largest absolute Gasteiger partial charge is 0.456 e. The zero-order chi connectivity index (χ0) is 38.2. The second kappa shape index (κ2) is 9.32. The molecule has 0 fully saturated rings. The van der Waals surface area contributed by atoms with Crippen LogP contribution in [0.15, 0.2) is 138 Å². The molecule has 4 aromatic heterocycles. The predicted molar refractivity (Wildman–Crippen MR) is 185 cm³/mol. The van der Waals surface area contributed by atoms with Crippen LogP contribution >= 0.6 is 11.3 Å². The van der Waals surface area contributed by atoms with Crippen LogP contribution in [0.2, 0.25) is 0 Å². The molecule has 0 bridgehead atoms. The normalized spacial score (nSPS) is 15.1. The molecular formula is C39H22N4OS. The van der Waals surface area contributed by atoms with Crippen molar-refractivity contribution < 1.29 is 18.1 Å². The molecule has 4 heterocycles. The summed E-state index contributed by atoms with van der Waals surface area (Å²) in [5, 5.41) is 1.76. The van der Waals surface area contributed by atoms with Gasteiger partial charge < -0.3 is 4.42 Å². The second-order valence-electron chi connectivity index (χ2n) is 10.5. The van der Waals surface area contributed by atoms with E-state index in [4.69, 9.17) is 29.0 Å². The maximum Gasteiger partial charge on any atom is 0.238 e. The second-order valence-corrected chi connectivity index (χ2v) is 11.5. The van der Waals surface area contributed by atoms with Crippen molar-refractivity contribution in [2.45, 2.75) is 0 Å². The number of furan rings is 1. The smallest absolute Gasteiger partial charge is 0.238 e. The number of hydrogen-bond acceptors (Lipinski definition) is 5. The van der Waals surface area contributed by atoms with Gasteiger partial charge in [-0.05, 0) is 24.2 Å². The van der Waals surface area contributed by atoms with Gasteiger partial charge in [-0.15, -0.1) is 11.3 Å². The number of hydrogen-bond donors (Lipinski definition) is 0. The number of para-hydroxylation sites is 2. The Morgan fingerprint density at radius 1 is 0.600 bits per heavy atom. The van der Waals surface area contributed by atoms with Crippen molar-refractivity contribution >= 4 is 75.3 Å². The Bertz CT molecular complexity index is 3340. The van der Waals surface area contributed by atoms with Crippen LogP contribution < -0.4 is 0 Å². The fourth-order valence-electron chi connectivity index (χ4n) is 6.03. The third-order valence-electron chi connectivity index (χ3n) is 7.96. The highest BCUT2D eigenvalue weighted by Crippen LogP contribution is 2.43. The maximum atomic E-state index is 9.35. The Labute approximate surface area is 274 Å². The minimum Gasteiger partial charge on any atom is -0.456 e. The summed E-state index contributed by atoms with van der Waals surface area (Å²) >= 11 is 0.993. The van der Waals surface area contributed by atoms with Crippen LogP contribution in [-0.4, -0.2) is 19.5 Å². The van der Waals surface area contributed by atoms with Gasteiger partial charge in [-0.1, -0.05) is 109 Å². The third kappa shape index (κ3) is 3.57. The van der Waals surface area contributed by atoms with E-state index in [0.29, 0.717) is 22.3 Å². The Kier molecular flexibility index (Phi) is 3.49. The highest BCUT2D eigenvalue weighted by atomic mass is 32.1. The number of nitrogens with zero attached hydrogens (tertiary/aromatic N) is 4. The van der Waals surface area contributed by atoms with Gasteiger partial charge in [0.2, 0.25) is 5.95 Å². The fraction of sp³-hybridized carbons (Fsp3) is 0. The summed E-state index contributed by atoms with van der Waals surface area (Å²) in [5.41, 5.74) is 2.62. The summed E-state index contributed by atoms with van der Waals surface area (Å²) in [4.78, 5) is 14.9. The van der Waals surface area contributed by atoms with Gasteiger partial charge >= 0.3 is 0 Å². The number of aromatic nitrogens is 4. The highest BCUT2D eigenvalue weighted by Gasteiger charge is 2.22. The zero-order valence-electron chi connectivity index (χ0n) is 33.0. The maximum absolute atomic E-state index is 9.35. The van der Waals surface area contributed by atoms with Gasteiger partial charge in [0.1, 0.15) is 11.2 Å². The predicted octanol–water partition coefficient (Wildman–Crippen LogP) is 10.6. The van der Waals surface area contributed by atoms with Crippen molar-refractivity contribution in [3.63, 3.8) is 0 Å². The molecule has 0 atom stereocenters. The lowest BCUT2D eigenvalue weighted by atomic mass is 10.1. The van der Waals surface area contributed by atoms with E-state index in [0.717, 1.165) is 22.1 Å². The first kappa shape index (κ1) is 16.9. The number of benzene rings is 6. The topological polar surface area (TPSA) is 56.7 Å². The molecule has 210 valence electrons. The average Bonchev–Trinajstić information content (AvgIpc) is 3.90. The van der Waals surface area contributed by atoms with E-state index in [-0.39, 0.29) is 83.7 Å². The molecular weight excluding hydrogens is 573 g/mol. The number of rotatable bonds is 3. The molecule has 45 heavy (non-hydrogen) atoms. The lowest BCUT2D eigenvalue weighted by Gasteiger charge is -2.11. The minimum atomic E-state index is -0.529. The van der Waals surface area contributed by atoms with E-state index in [1.54, 1.807) is 0 Å². The quantitative estimate of drug-likeness (QED) is 0.201. The lowest BCUT2D eigenvalue weighted by Crippen LogP contribution is -2.06. The molecule has 6 aromatic carbocycles. The van der Waals surface area contributed by atoms with Crippen LogP contribution in [-0.2, 0) is 0 Å². The van der Waals surface area contributed by atoms with E-state index in [1.807, 2.05) is 72.8 Å². The average molecular weight is 605 g/mol. The third-order valence-corrected chi connectivity index (χ3v) is 9.07. The van der Waals surface area contributed by atoms with Gasteiger partial charge in [0.25, 0.3) is 0 Å². The summed E-state index contributed by atoms with van der Waals surface area (Å²) in [7, 11) is 0. The molecule has 10 aromatic rings. The van der Waals surface area contributed by atoms with E-state index in [1.165, 1.54) is 4.57 Å². The van der Waals surface area contributed by atoms with Gasteiger partial charge in [0, 0.05) is 48.1 Å². The first-order valence-corrected chi connectivity index (χ1v) is 14.9. The van der Waals surface area contributed by atoms with Crippen molar-refractivity contribution in [3.8, 4) is 28.7 Å². The number of fused-ring (bicyclic) bond motifs is 10. The Morgan fingerprint density at radius 2 is 1.36 bits per heavy atom. The van der Waals surface area contributed by atoms with E-state index >= 15 is 0 Å². The van der Waals surface area contributed by atoms with Gasteiger partial charge in [-0.3, -0.25) is 4.57 Å². The molecule has 6 heteroatoms. The summed E-state index contributed by atoms with van der Waals surface area (Å²) in [5.74, 6) is 0.429. The van der Waals surface area contributed by atoms with Crippen molar-refractivity contribution in [2.75, 3.05) is 0 Å². The van der Waals surface area contributed by atoms with Gasteiger partial charge in [-0.2, -0.15) is 9.97 Å². The first-order chi connectivity index (χ1) is 26.5. The van der Waals surface area contributed by atoms with Crippen LogP contribution in [0.1, 0.15) is 13.7 Å². The Hall–Kier alpha value is -5.85. The molecule has 0 aliphatic heterocycles. The summed E-state index contributed by atoms with van der Waals surface area (Å²) in [6.45, 7) is 0. The lowest BCUT2D eigenvalue weighted by molar-refractivity contribution is 0.669. The molecule has 0 saturated heterocycles. The summed E-state index contributed by atoms with van der Waals surface area (Å²) in [6.07, 6.45) is 0. The monoisotopic (exact) mass is 604 g/mol. The molecule has 0 aliphatic carbocycles. The molecule has 0 spiro atoms.